The molecular weight excluding hydrogens is 206 g/mol. The first-order valence-electron chi connectivity index (χ1n) is 6.18. The zero-order chi connectivity index (χ0) is 11.5. The van der Waals surface area contributed by atoms with Gasteiger partial charge in [0.15, 0.2) is 0 Å². The Morgan fingerprint density at radius 3 is 2.88 bits per heavy atom. The van der Waals surface area contributed by atoms with E-state index in [0.29, 0.717) is 12.2 Å². The lowest BCUT2D eigenvalue weighted by Crippen LogP contribution is -2.41. The molecule has 0 bridgehead atoms. The van der Waals surface area contributed by atoms with Crippen LogP contribution in [0.1, 0.15) is 32.6 Å². The quantitative estimate of drug-likeness (QED) is 0.679. The summed E-state index contributed by atoms with van der Waals surface area (Å²) in [7, 11) is 1.47. The molecule has 0 N–H and O–H groups in total. The zero-order valence-electron chi connectivity index (χ0n) is 10.1. The second-order valence-corrected chi connectivity index (χ2v) is 4.82. The molecule has 2 saturated heterocycles. The van der Waals surface area contributed by atoms with Gasteiger partial charge in [0.1, 0.15) is 6.04 Å². The van der Waals surface area contributed by atoms with Gasteiger partial charge in [-0.05, 0) is 39.2 Å². The maximum atomic E-state index is 11.6. The predicted molar refractivity (Wildman–Crippen MR) is 60.2 cm³/mol. The minimum absolute atomic E-state index is 0.0375. The van der Waals surface area contributed by atoms with Crippen LogP contribution in [0.5, 0.6) is 0 Å². The molecule has 2 aliphatic rings. The Balaban J connectivity index is 1.86. The number of likely N-dealkylation sites (tertiary alicyclic amines) is 1. The smallest absolute Gasteiger partial charge is 0.323 e. The summed E-state index contributed by atoms with van der Waals surface area (Å²) < 4.78 is 10.6. The van der Waals surface area contributed by atoms with Gasteiger partial charge in [0, 0.05) is 6.54 Å². The Labute approximate surface area is 96.9 Å². The van der Waals surface area contributed by atoms with Gasteiger partial charge in [-0.25, -0.2) is 0 Å². The number of nitrogens with zero attached hydrogens (tertiary/aromatic N) is 1. The fourth-order valence-corrected chi connectivity index (χ4v) is 2.73. The van der Waals surface area contributed by atoms with Crippen molar-refractivity contribution in [2.24, 2.45) is 0 Å². The fourth-order valence-electron chi connectivity index (χ4n) is 2.73. The third-order valence-electron chi connectivity index (χ3n) is 3.59. The Kier molecular flexibility index (Phi) is 3.82. The maximum absolute atomic E-state index is 11.6. The lowest BCUT2D eigenvalue weighted by Gasteiger charge is -2.25. The van der Waals surface area contributed by atoms with E-state index in [1.165, 1.54) is 7.11 Å². The van der Waals surface area contributed by atoms with Crippen LogP contribution in [0.4, 0.5) is 0 Å². The summed E-state index contributed by atoms with van der Waals surface area (Å²) in [5.41, 5.74) is 0. The van der Waals surface area contributed by atoms with Crippen molar-refractivity contribution in [3.63, 3.8) is 0 Å². The number of carbonyl (C=O) groups is 1. The number of methoxy groups -OCH3 is 1. The van der Waals surface area contributed by atoms with E-state index in [1.807, 2.05) is 0 Å². The van der Waals surface area contributed by atoms with Crippen LogP contribution < -0.4 is 0 Å². The monoisotopic (exact) mass is 227 g/mol. The van der Waals surface area contributed by atoms with Gasteiger partial charge in [-0.1, -0.05) is 0 Å². The van der Waals surface area contributed by atoms with Crippen LogP contribution in [-0.2, 0) is 14.3 Å². The molecule has 0 amide bonds. The van der Waals surface area contributed by atoms with Gasteiger partial charge < -0.3 is 9.47 Å². The van der Waals surface area contributed by atoms with E-state index in [9.17, 15) is 4.79 Å². The SMILES string of the molecule is COC(=O)C1CCCN1CC1CCC(C)O1. The van der Waals surface area contributed by atoms with E-state index < -0.39 is 0 Å². The molecule has 0 radical (unpaired) electrons. The van der Waals surface area contributed by atoms with Crippen molar-refractivity contribution in [2.75, 3.05) is 20.2 Å². The van der Waals surface area contributed by atoms with E-state index in [4.69, 9.17) is 9.47 Å². The Morgan fingerprint density at radius 1 is 1.44 bits per heavy atom. The van der Waals surface area contributed by atoms with E-state index in [0.717, 1.165) is 38.8 Å². The molecule has 0 aromatic carbocycles. The van der Waals surface area contributed by atoms with Gasteiger partial charge in [-0.2, -0.15) is 0 Å². The van der Waals surface area contributed by atoms with Gasteiger partial charge >= 0.3 is 5.97 Å². The number of ether oxygens (including phenoxy) is 2. The Morgan fingerprint density at radius 2 is 2.25 bits per heavy atom. The molecule has 2 heterocycles. The van der Waals surface area contributed by atoms with Crippen molar-refractivity contribution in [3.8, 4) is 0 Å². The van der Waals surface area contributed by atoms with Crippen LogP contribution >= 0.6 is 0 Å². The first-order valence-corrected chi connectivity index (χ1v) is 6.18. The largest absolute Gasteiger partial charge is 0.468 e. The summed E-state index contributed by atoms with van der Waals surface area (Å²) in [6.45, 7) is 3.99. The van der Waals surface area contributed by atoms with Gasteiger partial charge in [-0.15, -0.1) is 0 Å². The average Bonchev–Trinajstić information content (AvgIpc) is 2.87. The van der Waals surface area contributed by atoms with Gasteiger partial charge in [-0.3, -0.25) is 9.69 Å². The number of rotatable bonds is 3. The normalized spacial score (nSPS) is 35.5. The highest BCUT2D eigenvalue weighted by Crippen LogP contribution is 2.24. The number of hydrogen-bond acceptors (Lipinski definition) is 4. The molecule has 2 fully saturated rings. The molecule has 0 aromatic heterocycles. The van der Waals surface area contributed by atoms with Crippen LogP contribution in [0.3, 0.4) is 0 Å². The highest BCUT2D eigenvalue weighted by Gasteiger charge is 2.34. The zero-order valence-corrected chi connectivity index (χ0v) is 10.1. The van der Waals surface area contributed by atoms with E-state index in [2.05, 4.69) is 11.8 Å². The molecule has 0 aliphatic carbocycles. The van der Waals surface area contributed by atoms with Gasteiger partial charge in [0.05, 0.1) is 19.3 Å². The van der Waals surface area contributed by atoms with Crippen LogP contribution in [0, 0.1) is 0 Å². The minimum atomic E-state index is -0.0939. The van der Waals surface area contributed by atoms with Crippen LogP contribution in [0.2, 0.25) is 0 Å². The molecule has 3 atom stereocenters. The Bertz CT molecular complexity index is 257. The van der Waals surface area contributed by atoms with Crippen LogP contribution in [-0.4, -0.2) is 49.3 Å². The topological polar surface area (TPSA) is 38.8 Å². The molecule has 2 rings (SSSR count). The average molecular weight is 227 g/mol. The van der Waals surface area contributed by atoms with Crippen molar-refractivity contribution in [1.82, 2.24) is 4.90 Å². The van der Waals surface area contributed by atoms with Gasteiger partial charge in [0.2, 0.25) is 0 Å². The highest BCUT2D eigenvalue weighted by atomic mass is 16.5. The first kappa shape index (κ1) is 11.9. The highest BCUT2D eigenvalue weighted by molar-refractivity contribution is 5.75. The molecule has 3 unspecified atom stereocenters. The third-order valence-corrected chi connectivity index (χ3v) is 3.59. The summed E-state index contributed by atoms with van der Waals surface area (Å²) in [6.07, 6.45) is 4.95. The fraction of sp³-hybridized carbons (Fsp3) is 0.917. The van der Waals surface area contributed by atoms with Crippen molar-refractivity contribution in [3.05, 3.63) is 0 Å². The van der Waals surface area contributed by atoms with Crippen molar-refractivity contribution >= 4 is 5.97 Å². The summed E-state index contributed by atoms with van der Waals surface area (Å²) >= 11 is 0. The standard InChI is InChI=1S/C12H21NO3/c1-9-5-6-10(16-9)8-13-7-3-4-11(13)12(14)15-2/h9-11H,3-8H2,1-2H3. The second kappa shape index (κ2) is 5.15. The van der Waals surface area contributed by atoms with Crippen molar-refractivity contribution in [1.29, 1.82) is 0 Å². The van der Waals surface area contributed by atoms with Crippen molar-refractivity contribution in [2.45, 2.75) is 50.9 Å². The summed E-state index contributed by atoms with van der Waals surface area (Å²) in [5, 5.41) is 0. The number of esters is 1. The first-order chi connectivity index (χ1) is 7.70. The third kappa shape index (κ3) is 2.55. The minimum Gasteiger partial charge on any atom is -0.468 e. The molecule has 0 spiro atoms. The molecule has 4 heteroatoms. The molecule has 16 heavy (non-hydrogen) atoms. The molecule has 92 valence electrons. The van der Waals surface area contributed by atoms with E-state index in [-0.39, 0.29) is 12.0 Å². The van der Waals surface area contributed by atoms with E-state index in [1.54, 1.807) is 0 Å². The predicted octanol–water partition coefficient (Wildman–Crippen LogP) is 1.19. The summed E-state index contributed by atoms with van der Waals surface area (Å²) in [5.74, 6) is -0.0939. The maximum Gasteiger partial charge on any atom is 0.323 e. The molecule has 4 nitrogen and oxygen atoms in total. The molecule has 0 aromatic rings. The van der Waals surface area contributed by atoms with E-state index >= 15 is 0 Å². The Hall–Kier alpha value is -0.610. The second-order valence-electron chi connectivity index (χ2n) is 4.82. The van der Waals surface area contributed by atoms with Crippen LogP contribution in [0.25, 0.3) is 0 Å². The lowest BCUT2D eigenvalue weighted by molar-refractivity contribution is -0.146. The summed E-state index contributed by atoms with van der Waals surface area (Å²) in [6, 6.07) is -0.0375. The van der Waals surface area contributed by atoms with Gasteiger partial charge in [0.25, 0.3) is 0 Å². The van der Waals surface area contributed by atoms with Crippen molar-refractivity contribution < 1.29 is 14.3 Å². The molecule has 2 aliphatic heterocycles. The number of carbonyl (C=O) groups excluding carboxylic acids is 1. The molecule has 0 saturated carbocycles. The summed E-state index contributed by atoms with van der Waals surface area (Å²) in [4.78, 5) is 13.8. The lowest BCUT2D eigenvalue weighted by atomic mass is 10.2. The number of hydrogen-bond donors (Lipinski definition) is 0. The molecular formula is C12H21NO3. The van der Waals surface area contributed by atoms with Crippen LogP contribution in [0.15, 0.2) is 0 Å².